The molecule has 2 aromatic rings. The van der Waals surface area contributed by atoms with Crippen LogP contribution >= 0.6 is 23.2 Å². The standard InChI is InChI=1S/C11H11Cl2N3/c1-14-6-9-10(13)3-2-4-11(9)16-7-8(12)5-15-16/h2-5,7,14H,6H2,1H3. The zero-order chi connectivity index (χ0) is 11.5. The third-order valence-corrected chi connectivity index (χ3v) is 2.79. The zero-order valence-corrected chi connectivity index (χ0v) is 10.3. The minimum Gasteiger partial charge on any atom is -0.316 e. The Morgan fingerprint density at radius 3 is 2.81 bits per heavy atom. The van der Waals surface area contributed by atoms with Crippen LogP contribution in [-0.4, -0.2) is 16.8 Å². The number of halogens is 2. The molecule has 1 aromatic heterocycles. The first-order valence-corrected chi connectivity index (χ1v) is 5.60. The Morgan fingerprint density at radius 2 is 2.19 bits per heavy atom. The van der Waals surface area contributed by atoms with Crippen molar-refractivity contribution in [1.82, 2.24) is 15.1 Å². The van der Waals surface area contributed by atoms with Gasteiger partial charge in [0.2, 0.25) is 0 Å². The Kier molecular flexibility index (Phi) is 3.49. The predicted octanol–water partition coefficient (Wildman–Crippen LogP) is 2.90. The molecule has 0 amide bonds. The van der Waals surface area contributed by atoms with Crippen molar-refractivity contribution >= 4 is 23.2 Å². The fourth-order valence-corrected chi connectivity index (χ4v) is 1.92. The van der Waals surface area contributed by atoms with Crippen LogP contribution in [0.1, 0.15) is 5.56 Å². The van der Waals surface area contributed by atoms with Crippen LogP contribution < -0.4 is 5.32 Å². The maximum absolute atomic E-state index is 6.15. The Labute approximate surface area is 104 Å². The van der Waals surface area contributed by atoms with E-state index in [1.807, 2.05) is 25.2 Å². The van der Waals surface area contributed by atoms with E-state index >= 15 is 0 Å². The van der Waals surface area contributed by atoms with Gasteiger partial charge in [0, 0.05) is 23.3 Å². The molecule has 16 heavy (non-hydrogen) atoms. The Bertz CT molecular complexity index is 494. The molecule has 84 valence electrons. The number of nitrogens with one attached hydrogen (secondary N) is 1. The van der Waals surface area contributed by atoms with E-state index in [4.69, 9.17) is 23.2 Å². The highest BCUT2D eigenvalue weighted by Gasteiger charge is 2.08. The molecule has 3 nitrogen and oxygen atoms in total. The van der Waals surface area contributed by atoms with Gasteiger partial charge >= 0.3 is 0 Å². The van der Waals surface area contributed by atoms with Gasteiger partial charge in [0.05, 0.1) is 16.9 Å². The van der Waals surface area contributed by atoms with Crippen molar-refractivity contribution < 1.29 is 0 Å². The molecule has 0 aliphatic carbocycles. The SMILES string of the molecule is CNCc1c(Cl)cccc1-n1cc(Cl)cn1. The maximum atomic E-state index is 6.15. The highest BCUT2D eigenvalue weighted by Crippen LogP contribution is 2.23. The van der Waals surface area contributed by atoms with E-state index in [-0.39, 0.29) is 0 Å². The van der Waals surface area contributed by atoms with Crippen LogP contribution in [0, 0.1) is 0 Å². The highest BCUT2D eigenvalue weighted by atomic mass is 35.5. The third kappa shape index (κ3) is 2.21. The fraction of sp³-hybridized carbons (Fsp3) is 0.182. The predicted molar refractivity (Wildman–Crippen MR) is 66.3 cm³/mol. The van der Waals surface area contributed by atoms with Crippen LogP contribution in [-0.2, 0) is 6.54 Å². The summed E-state index contributed by atoms with van der Waals surface area (Å²) in [7, 11) is 1.88. The second-order valence-corrected chi connectivity index (χ2v) is 4.21. The summed E-state index contributed by atoms with van der Waals surface area (Å²) in [6.45, 7) is 0.687. The molecule has 2 rings (SSSR count). The lowest BCUT2D eigenvalue weighted by Gasteiger charge is -2.10. The second-order valence-electron chi connectivity index (χ2n) is 3.37. The Hall–Kier alpha value is -1.03. The van der Waals surface area contributed by atoms with Gasteiger partial charge in [-0.25, -0.2) is 4.68 Å². The molecule has 0 saturated heterocycles. The molecular formula is C11H11Cl2N3. The van der Waals surface area contributed by atoms with Crippen LogP contribution in [0.15, 0.2) is 30.6 Å². The van der Waals surface area contributed by atoms with Crippen LogP contribution in [0.2, 0.25) is 10.0 Å². The molecule has 0 atom stereocenters. The van der Waals surface area contributed by atoms with Crippen molar-refractivity contribution in [3.05, 3.63) is 46.2 Å². The van der Waals surface area contributed by atoms with Gasteiger partial charge in [0.25, 0.3) is 0 Å². The lowest BCUT2D eigenvalue weighted by Crippen LogP contribution is -2.10. The van der Waals surface area contributed by atoms with E-state index in [0.717, 1.165) is 16.3 Å². The van der Waals surface area contributed by atoms with E-state index in [2.05, 4.69) is 10.4 Å². The Morgan fingerprint density at radius 1 is 1.38 bits per heavy atom. The molecule has 1 aromatic carbocycles. The van der Waals surface area contributed by atoms with Gasteiger partial charge < -0.3 is 5.32 Å². The molecule has 1 heterocycles. The first-order valence-electron chi connectivity index (χ1n) is 4.85. The molecule has 1 N–H and O–H groups in total. The monoisotopic (exact) mass is 255 g/mol. The molecule has 0 aliphatic heterocycles. The number of rotatable bonds is 3. The Balaban J connectivity index is 2.51. The van der Waals surface area contributed by atoms with Crippen LogP contribution in [0.3, 0.4) is 0 Å². The maximum Gasteiger partial charge on any atom is 0.0790 e. The molecular weight excluding hydrogens is 245 g/mol. The summed E-state index contributed by atoms with van der Waals surface area (Å²) in [5, 5.41) is 8.58. The van der Waals surface area contributed by atoms with Gasteiger partial charge in [-0.1, -0.05) is 29.3 Å². The number of hydrogen-bond acceptors (Lipinski definition) is 2. The largest absolute Gasteiger partial charge is 0.316 e. The topological polar surface area (TPSA) is 29.9 Å². The minimum atomic E-state index is 0.607. The first kappa shape index (κ1) is 11.5. The van der Waals surface area contributed by atoms with E-state index in [1.165, 1.54) is 0 Å². The third-order valence-electron chi connectivity index (χ3n) is 2.25. The van der Waals surface area contributed by atoms with Crippen LogP contribution in [0.5, 0.6) is 0 Å². The first-order chi connectivity index (χ1) is 7.72. The second kappa shape index (κ2) is 4.87. The number of aromatic nitrogens is 2. The summed E-state index contributed by atoms with van der Waals surface area (Å²) in [6.07, 6.45) is 3.36. The smallest absolute Gasteiger partial charge is 0.0790 e. The number of hydrogen-bond donors (Lipinski definition) is 1. The van der Waals surface area contributed by atoms with E-state index in [9.17, 15) is 0 Å². The summed E-state index contributed by atoms with van der Waals surface area (Å²) in [4.78, 5) is 0. The van der Waals surface area contributed by atoms with E-state index < -0.39 is 0 Å². The molecule has 0 bridgehead atoms. The summed E-state index contributed by atoms with van der Waals surface area (Å²) in [6, 6.07) is 5.72. The van der Waals surface area contributed by atoms with Gasteiger partial charge in [-0.2, -0.15) is 5.10 Å². The quantitative estimate of drug-likeness (QED) is 0.915. The van der Waals surface area contributed by atoms with Crippen LogP contribution in [0.25, 0.3) is 5.69 Å². The van der Waals surface area contributed by atoms with Gasteiger partial charge in [-0.05, 0) is 19.2 Å². The summed E-state index contributed by atoms with van der Waals surface area (Å²) in [5.74, 6) is 0. The number of nitrogens with zero attached hydrogens (tertiary/aromatic N) is 2. The molecule has 0 fully saturated rings. The molecule has 0 unspecified atom stereocenters. The average molecular weight is 256 g/mol. The molecule has 0 radical (unpaired) electrons. The lowest BCUT2D eigenvalue weighted by molar-refractivity contribution is 0.789. The van der Waals surface area contributed by atoms with Gasteiger partial charge in [0.1, 0.15) is 0 Å². The van der Waals surface area contributed by atoms with Crippen molar-refractivity contribution in [2.24, 2.45) is 0 Å². The van der Waals surface area contributed by atoms with Crippen molar-refractivity contribution in [3.8, 4) is 5.69 Å². The fourth-order valence-electron chi connectivity index (χ4n) is 1.55. The van der Waals surface area contributed by atoms with Gasteiger partial charge in [0.15, 0.2) is 0 Å². The van der Waals surface area contributed by atoms with Gasteiger partial charge in [-0.3, -0.25) is 0 Å². The van der Waals surface area contributed by atoms with Crippen LogP contribution in [0.4, 0.5) is 0 Å². The summed E-state index contributed by atoms with van der Waals surface area (Å²) in [5.41, 5.74) is 1.94. The van der Waals surface area contributed by atoms with E-state index in [1.54, 1.807) is 17.1 Å². The molecule has 0 aliphatic rings. The highest BCUT2D eigenvalue weighted by molar-refractivity contribution is 6.31. The lowest BCUT2D eigenvalue weighted by atomic mass is 10.2. The molecule has 0 saturated carbocycles. The van der Waals surface area contributed by atoms with Crippen molar-refractivity contribution in [2.75, 3.05) is 7.05 Å². The van der Waals surface area contributed by atoms with Gasteiger partial charge in [-0.15, -0.1) is 0 Å². The van der Waals surface area contributed by atoms with Crippen molar-refractivity contribution in [1.29, 1.82) is 0 Å². The number of benzene rings is 1. The zero-order valence-electron chi connectivity index (χ0n) is 8.74. The summed E-state index contributed by atoms with van der Waals surface area (Å²) >= 11 is 12.0. The molecule has 0 spiro atoms. The normalized spacial score (nSPS) is 10.7. The molecule has 5 heteroatoms. The average Bonchev–Trinajstić information content (AvgIpc) is 2.68. The minimum absolute atomic E-state index is 0.607. The van der Waals surface area contributed by atoms with E-state index in [0.29, 0.717) is 11.6 Å². The van der Waals surface area contributed by atoms with Crippen molar-refractivity contribution in [2.45, 2.75) is 6.54 Å². The van der Waals surface area contributed by atoms with Crippen molar-refractivity contribution in [3.63, 3.8) is 0 Å². The summed E-state index contributed by atoms with van der Waals surface area (Å²) < 4.78 is 1.72.